The van der Waals surface area contributed by atoms with Gasteiger partial charge in [0.05, 0.1) is 11.1 Å². The number of nitrogens with zero attached hydrogens (tertiary/aromatic N) is 1. The Labute approximate surface area is 158 Å². The van der Waals surface area contributed by atoms with E-state index in [0.29, 0.717) is 11.1 Å². The second-order valence-corrected chi connectivity index (χ2v) is 7.08. The predicted molar refractivity (Wildman–Crippen MR) is 104 cm³/mol. The monoisotopic (exact) mass is 414 g/mol. The third kappa shape index (κ3) is 3.71. The van der Waals surface area contributed by atoms with Crippen molar-refractivity contribution in [2.45, 2.75) is 5.60 Å². The van der Waals surface area contributed by atoms with Gasteiger partial charge in [-0.2, -0.15) is 5.10 Å². The minimum absolute atomic E-state index is 0.478. The normalized spacial score (nSPS) is 11.6. The van der Waals surface area contributed by atoms with Crippen molar-refractivity contribution >= 4 is 39.4 Å². The Morgan fingerprint density at radius 1 is 1.04 bits per heavy atom. The van der Waals surface area contributed by atoms with E-state index in [1.807, 2.05) is 23.6 Å². The van der Waals surface area contributed by atoms with Crippen LogP contribution in [0.2, 0.25) is 0 Å². The molecule has 0 aliphatic heterocycles. The number of hydrogen-bond acceptors (Lipinski definition) is 4. The molecule has 0 saturated carbocycles. The first-order valence-electron chi connectivity index (χ1n) is 7.52. The molecule has 3 rings (SSSR count). The van der Waals surface area contributed by atoms with Crippen LogP contribution in [0.1, 0.15) is 16.0 Å². The molecular formula is C19H15BrN2O2S. The van der Waals surface area contributed by atoms with Gasteiger partial charge in [0.15, 0.2) is 5.60 Å². The van der Waals surface area contributed by atoms with E-state index in [1.165, 1.54) is 11.3 Å². The molecule has 1 amide bonds. The van der Waals surface area contributed by atoms with E-state index in [-0.39, 0.29) is 0 Å². The molecule has 0 fully saturated rings. The van der Waals surface area contributed by atoms with Crippen molar-refractivity contribution in [2.75, 3.05) is 0 Å². The molecule has 0 unspecified atom stereocenters. The summed E-state index contributed by atoms with van der Waals surface area (Å²) >= 11 is 4.89. The molecule has 2 aromatic carbocycles. The SMILES string of the molecule is O=C(N/N=C\c1sccc1Br)C(O)(c1ccccc1)c1ccccc1. The summed E-state index contributed by atoms with van der Waals surface area (Å²) in [6, 6.07) is 19.5. The molecule has 1 heterocycles. The fourth-order valence-electron chi connectivity index (χ4n) is 2.42. The number of hydrazone groups is 1. The minimum Gasteiger partial charge on any atom is -0.372 e. The number of amides is 1. The Hall–Kier alpha value is -2.28. The van der Waals surface area contributed by atoms with E-state index in [0.717, 1.165) is 9.35 Å². The highest BCUT2D eigenvalue weighted by molar-refractivity contribution is 9.10. The smallest absolute Gasteiger partial charge is 0.281 e. The quantitative estimate of drug-likeness (QED) is 0.491. The second-order valence-electron chi connectivity index (χ2n) is 5.27. The lowest BCUT2D eigenvalue weighted by Crippen LogP contribution is -2.43. The number of benzene rings is 2. The summed E-state index contributed by atoms with van der Waals surface area (Å²) in [6.07, 6.45) is 1.54. The molecule has 0 spiro atoms. The molecule has 0 bridgehead atoms. The van der Waals surface area contributed by atoms with Crippen LogP contribution in [-0.2, 0) is 10.4 Å². The van der Waals surface area contributed by atoms with Gasteiger partial charge in [0.1, 0.15) is 0 Å². The van der Waals surface area contributed by atoms with Crippen molar-refractivity contribution in [3.63, 3.8) is 0 Å². The number of thiophene rings is 1. The highest BCUT2D eigenvalue weighted by Crippen LogP contribution is 2.29. The lowest BCUT2D eigenvalue weighted by molar-refractivity contribution is -0.136. The topological polar surface area (TPSA) is 61.7 Å². The van der Waals surface area contributed by atoms with Crippen LogP contribution in [0.15, 0.2) is 81.7 Å². The van der Waals surface area contributed by atoms with E-state index in [1.54, 1.807) is 54.7 Å². The lowest BCUT2D eigenvalue weighted by atomic mass is 9.85. The number of aliphatic hydroxyl groups is 1. The maximum Gasteiger partial charge on any atom is 0.281 e. The lowest BCUT2D eigenvalue weighted by Gasteiger charge is -2.27. The van der Waals surface area contributed by atoms with Gasteiger partial charge in [0.25, 0.3) is 5.91 Å². The molecule has 0 atom stereocenters. The molecule has 0 aliphatic carbocycles. The number of carbonyl (C=O) groups is 1. The van der Waals surface area contributed by atoms with Crippen LogP contribution in [-0.4, -0.2) is 17.2 Å². The average molecular weight is 415 g/mol. The average Bonchev–Trinajstić information content (AvgIpc) is 3.07. The maximum absolute atomic E-state index is 12.8. The van der Waals surface area contributed by atoms with Crippen LogP contribution < -0.4 is 5.43 Å². The predicted octanol–water partition coefficient (Wildman–Crippen LogP) is 3.90. The van der Waals surface area contributed by atoms with E-state index in [4.69, 9.17) is 0 Å². The number of rotatable bonds is 5. The second kappa shape index (κ2) is 7.74. The van der Waals surface area contributed by atoms with Crippen molar-refractivity contribution in [3.05, 3.63) is 92.6 Å². The van der Waals surface area contributed by atoms with E-state index >= 15 is 0 Å². The molecular weight excluding hydrogens is 400 g/mol. The maximum atomic E-state index is 12.8. The third-order valence-corrected chi connectivity index (χ3v) is 5.51. The zero-order valence-electron chi connectivity index (χ0n) is 13.1. The first-order chi connectivity index (χ1) is 12.1. The van der Waals surface area contributed by atoms with E-state index < -0.39 is 11.5 Å². The molecule has 0 radical (unpaired) electrons. The van der Waals surface area contributed by atoms with Crippen molar-refractivity contribution < 1.29 is 9.90 Å². The van der Waals surface area contributed by atoms with Gasteiger partial charge in [-0.1, -0.05) is 60.7 Å². The molecule has 0 saturated heterocycles. The number of carbonyl (C=O) groups excluding carboxylic acids is 1. The summed E-state index contributed by atoms with van der Waals surface area (Å²) < 4.78 is 0.900. The van der Waals surface area contributed by atoms with Gasteiger partial charge in [-0.15, -0.1) is 11.3 Å². The van der Waals surface area contributed by atoms with Crippen LogP contribution in [0.3, 0.4) is 0 Å². The fraction of sp³-hybridized carbons (Fsp3) is 0.0526. The van der Waals surface area contributed by atoms with Crippen LogP contribution in [0.25, 0.3) is 0 Å². The van der Waals surface area contributed by atoms with Gasteiger partial charge in [-0.3, -0.25) is 4.79 Å². The molecule has 126 valence electrons. The highest BCUT2D eigenvalue weighted by atomic mass is 79.9. The van der Waals surface area contributed by atoms with Crippen molar-refractivity contribution in [3.8, 4) is 0 Å². The van der Waals surface area contributed by atoms with Gasteiger partial charge in [0.2, 0.25) is 0 Å². The van der Waals surface area contributed by atoms with E-state index in [9.17, 15) is 9.90 Å². The number of hydrogen-bond donors (Lipinski definition) is 2. The van der Waals surface area contributed by atoms with Gasteiger partial charge in [-0.25, -0.2) is 5.43 Å². The summed E-state index contributed by atoms with van der Waals surface area (Å²) in [4.78, 5) is 13.7. The summed E-state index contributed by atoms with van der Waals surface area (Å²) in [6.45, 7) is 0. The van der Waals surface area contributed by atoms with Gasteiger partial charge < -0.3 is 5.11 Å². The first kappa shape index (κ1) is 17.5. The van der Waals surface area contributed by atoms with Crippen LogP contribution in [0, 0.1) is 0 Å². The zero-order valence-corrected chi connectivity index (χ0v) is 15.5. The minimum atomic E-state index is -1.83. The summed E-state index contributed by atoms with van der Waals surface area (Å²) in [7, 11) is 0. The molecule has 0 aliphatic rings. The number of nitrogens with one attached hydrogen (secondary N) is 1. The van der Waals surface area contributed by atoms with Crippen LogP contribution in [0.4, 0.5) is 0 Å². The summed E-state index contributed by atoms with van der Waals surface area (Å²) in [5.41, 5.74) is 1.58. The molecule has 2 N–H and O–H groups in total. The summed E-state index contributed by atoms with van der Waals surface area (Å²) in [5.74, 6) is -0.617. The first-order valence-corrected chi connectivity index (χ1v) is 9.19. The Morgan fingerprint density at radius 2 is 1.60 bits per heavy atom. The third-order valence-electron chi connectivity index (χ3n) is 3.70. The van der Waals surface area contributed by atoms with Gasteiger partial charge in [-0.05, 0) is 38.5 Å². The van der Waals surface area contributed by atoms with Crippen molar-refractivity contribution in [2.24, 2.45) is 5.10 Å². The molecule has 25 heavy (non-hydrogen) atoms. The Balaban J connectivity index is 1.91. The Bertz CT molecular complexity index is 839. The standard InChI is InChI=1S/C19H15BrN2O2S/c20-16-11-12-25-17(16)13-21-22-18(23)19(24,14-7-3-1-4-8-14)15-9-5-2-6-10-15/h1-13,24H,(H,22,23)/b21-13-. The van der Waals surface area contributed by atoms with Crippen molar-refractivity contribution in [1.29, 1.82) is 0 Å². The molecule has 1 aromatic heterocycles. The summed E-state index contributed by atoms with van der Waals surface area (Å²) in [5, 5.41) is 17.1. The van der Waals surface area contributed by atoms with E-state index in [2.05, 4.69) is 26.5 Å². The van der Waals surface area contributed by atoms with Gasteiger partial charge in [0, 0.05) is 4.47 Å². The highest BCUT2D eigenvalue weighted by Gasteiger charge is 2.39. The fourth-order valence-corrected chi connectivity index (χ4v) is 3.75. The zero-order chi connectivity index (χ0) is 17.7. The molecule has 4 nitrogen and oxygen atoms in total. The van der Waals surface area contributed by atoms with Crippen LogP contribution in [0.5, 0.6) is 0 Å². The number of halogens is 1. The van der Waals surface area contributed by atoms with Crippen LogP contribution >= 0.6 is 27.3 Å². The Kier molecular flexibility index (Phi) is 5.43. The Morgan fingerprint density at radius 3 is 2.08 bits per heavy atom. The largest absolute Gasteiger partial charge is 0.372 e. The van der Waals surface area contributed by atoms with Crippen molar-refractivity contribution in [1.82, 2.24) is 5.43 Å². The van der Waals surface area contributed by atoms with Gasteiger partial charge >= 0.3 is 0 Å². The molecule has 3 aromatic rings. The molecule has 6 heteroatoms.